The van der Waals surface area contributed by atoms with Crippen LogP contribution in [-0.4, -0.2) is 26.0 Å². The molecule has 0 bridgehead atoms. The molecule has 0 saturated carbocycles. The van der Waals surface area contributed by atoms with E-state index >= 15 is 0 Å². The number of aromatic nitrogens is 3. The van der Waals surface area contributed by atoms with Crippen LogP contribution in [-0.2, 0) is 6.42 Å². The van der Waals surface area contributed by atoms with Crippen LogP contribution in [0, 0.1) is 14.9 Å². The molecule has 0 unspecified atom stereocenters. The molecule has 0 saturated heterocycles. The Kier molecular flexibility index (Phi) is 4.88. The van der Waals surface area contributed by atoms with Crippen molar-refractivity contribution in [2.75, 3.05) is 0 Å². The van der Waals surface area contributed by atoms with Crippen molar-refractivity contribution in [3.63, 3.8) is 0 Å². The van der Waals surface area contributed by atoms with Crippen LogP contribution in [0.2, 0.25) is 0 Å². The van der Waals surface area contributed by atoms with Crippen LogP contribution in [0.4, 0.5) is 5.69 Å². The third-order valence-corrected chi connectivity index (χ3v) is 4.71. The van der Waals surface area contributed by atoms with Gasteiger partial charge in [0.15, 0.2) is 5.82 Å². The molecule has 4 aromatic rings. The molecule has 0 atom stereocenters. The van der Waals surface area contributed by atoms with Crippen LogP contribution < -0.4 is 5.11 Å². The summed E-state index contributed by atoms with van der Waals surface area (Å²) in [6.07, 6.45) is 1.90. The predicted molar refractivity (Wildman–Crippen MR) is 110 cm³/mol. The highest BCUT2D eigenvalue weighted by Crippen LogP contribution is 2.23. The van der Waals surface area contributed by atoms with Gasteiger partial charge in [-0.2, -0.15) is 14.9 Å². The van der Waals surface area contributed by atoms with Gasteiger partial charge in [0.05, 0.1) is 11.1 Å². The third-order valence-electron chi connectivity index (χ3n) is 4.45. The maximum absolute atomic E-state index is 11.5. The number of H-pyrrole nitrogens is 1. The van der Waals surface area contributed by atoms with Gasteiger partial charge in [-0.25, -0.2) is 0 Å². The summed E-state index contributed by atoms with van der Waals surface area (Å²) in [5.74, 6) is -0.0544. The Morgan fingerprint density at radius 1 is 1.17 bits per heavy atom. The molecule has 1 N–H and O–H groups in total. The highest BCUT2D eigenvalue weighted by atomic mass is 32.1. The fourth-order valence-corrected chi connectivity index (χ4v) is 3.25. The van der Waals surface area contributed by atoms with Gasteiger partial charge < -0.3 is 5.11 Å². The maximum Gasteiger partial charge on any atom is 0.262 e. The number of nitro benzene ring substituents is 1. The van der Waals surface area contributed by atoms with Gasteiger partial charge in [-0.15, -0.1) is 0 Å². The van der Waals surface area contributed by atoms with Gasteiger partial charge in [0, 0.05) is 18.1 Å². The normalized spacial score (nSPS) is 11.3. The minimum absolute atomic E-state index is 0.298. The molecule has 29 heavy (non-hydrogen) atoms. The molecule has 3 aromatic carbocycles. The van der Waals surface area contributed by atoms with Crippen LogP contribution in [0.25, 0.3) is 10.8 Å². The molecule has 9 heteroatoms. The molecule has 144 valence electrons. The van der Waals surface area contributed by atoms with E-state index in [0.29, 0.717) is 22.6 Å². The zero-order valence-corrected chi connectivity index (χ0v) is 15.8. The average Bonchev–Trinajstić information content (AvgIpc) is 3.07. The van der Waals surface area contributed by atoms with Crippen molar-refractivity contribution in [2.24, 2.45) is 5.10 Å². The van der Waals surface area contributed by atoms with E-state index in [4.69, 9.17) is 12.2 Å². The second-order valence-corrected chi connectivity index (χ2v) is 6.69. The van der Waals surface area contributed by atoms with Crippen molar-refractivity contribution in [3.8, 4) is 5.75 Å². The first kappa shape index (κ1) is 18.5. The minimum atomic E-state index is -0.713. The minimum Gasteiger partial charge on any atom is -0.868 e. The average molecular weight is 404 g/mol. The number of aromatic amines is 1. The molecule has 1 heterocycles. The number of nitro groups is 1. The van der Waals surface area contributed by atoms with Crippen LogP contribution in [0.1, 0.15) is 17.0 Å². The topological polar surface area (TPSA) is 112 Å². The lowest BCUT2D eigenvalue weighted by Gasteiger charge is -2.07. The van der Waals surface area contributed by atoms with Crippen molar-refractivity contribution in [2.45, 2.75) is 6.42 Å². The zero-order chi connectivity index (χ0) is 20.4. The van der Waals surface area contributed by atoms with Crippen LogP contribution in [0.5, 0.6) is 5.75 Å². The van der Waals surface area contributed by atoms with E-state index in [9.17, 15) is 15.2 Å². The summed E-state index contributed by atoms with van der Waals surface area (Å²) in [5.41, 5.74) is 0.983. The van der Waals surface area contributed by atoms with Crippen LogP contribution in [0.15, 0.2) is 65.8 Å². The lowest BCUT2D eigenvalue weighted by Crippen LogP contribution is -2.02. The van der Waals surface area contributed by atoms with E-state index in [2.05, 4.69) is 15.3 Å². The van der Waals surface area contributed by atoms with Crippen molar-refractivity contribution in [1.29, 1.82) is 0 Å². The number of benzene rings is 3. The number of rotatable bonds is 5. The van der Waals surface area contributed by atoms with Gasteiger partial charge in [0.25, 0.3) is 5.69 Å². The molecule has 4 rings (SSSR count). The van der Waals surface area contributed by atoms with Gasteiger partial charge >= 0.3 is 0 Å². The summed E-state index contributed by atoms with van der Waals surface area (Å²) in [6.45, 7) is 0. The maximum atomic E-state index is 11.5. The molecule has 0 amide bonds. The lowest BCUT2D eigenvalue weighted by atomic mass is 10.0. The summed E-state index contributed by atoms with van der Waals surface area (Å²) in [4.78, 5) is 10.2. The second kappa shape index (κ2) is 7.64. The molecular weight excluding hydrogens is 390 g/mol. The monoisotopic (exact) mass is 404 g/mol. The summed E-state index contributed by atoms with van der Waals surface area (Å²) in [7, 11) is 0. The fraction of sp³-hybridized carbons (Fsp3) is 0.0500. The first-order chi connectivity index (χ1) is 14.0. The Morgan fingerprint density at radius 3 is 2.79 bits per heavy atom. The molecule has 0 spiro atoms. The zero-order valence-electron chi connectivity index (χ0n) is 15.0. The van der Waals surface area contributed by atoms with E-state index in [0.717, 1.165) is 22.4 Å². The number of nitrogens with one attached hydrogen (secondary N) is 1. The lowest BCUT2D eigenvalue weighted by molar-refractivity contribution is -0.398. The van der Waals surface area contributed by atoms with Crippen LogP contribution >= 0.6 is 12.2 Å². The van der Waals surface area contributed by atoms with Gasteiger partial charge in [-0.05, 0) is 34.3 Å². The Hall–Kier alpha value is -3.85. The Balaban J connectivity index is 1.68. The van der Waals surface area contributed by atoms with Gasteiger partial charge in [-0.1, -0.05) is 54.6 Å². The van der Waals surface area contributed by atoms with E-state index in [1.807, 2.05) is 42.5 Å². The number of hydrogen-bond acceptors (Lipinski definition) is 6. The molecule has 0 aliphatic heterocycles. The summed E-state index contributed by atoms with van der Waals surface area (Å²) in [6, 6.07) is 17.9. The van der Waals surface area contributed by atoms with E-state index < -0.39 is 16.4 Å². The van der Waals surface area contributed by atoms with Crippen molar-refractivity contribution >= 4 is 34.9 Å². The van der Waals surface area contributed by atoms with E-state index in [1.54, 1.807) is 0 Å². The third kappa shape index (κ3) is 3.76. The summed E-state index contributed by atoms with van der Waals surface area (Å²) < 4.78 is 1.76. The number of fused-ring (bicyclic) bond motifs is 1. The number of nitrogens with zero attached hydrogens (tertiary/aromatic N) is 4. The van der Waals surface area contributed by atoms with Gasteiger partial charge in [0.2, 0.25) is 4.77 Å². The van der Waals surface area contributed by atoms with Crippen LogP contribution in [0.3, 0.4) is 0 Å². The molecule has 0 aliphatic carbocycles. The Bertz CT molecular complexity index is 1300. The van der Waals surface area contributed by atoms with E-state index in [1.165, 1.54) is 23.0 Å². The van der Waals surface area contributed by atoms with Gasteiger partial charge in [-0.3, -0.25) is 15.2 Å². The second-order valence-electron chi connectivity index (χ2n) is 6.30. The highest BCUT2D eigenvalue weighted by molar-refractivity contribution is 7.71. The number of hydrogen-bond donors (Lipinski definition) is 1. The Labute approximate surface area is 169 Å². The quantitative estimate of drug-likeness (QED) is 0.237. The van der Waals surface area contributed by atoms with Crippen molar-refractivity contribution < 1.29 is 10.0 Å². The molecule has 8 nitrogen and oxygen atoms in total. The first-order valence-electron chi connectivity index (χ1n) is 8.65. The Morgan fingerprint density at radius 2 is 1.97 bits per heavy atom. The molecule has 0 radical (unpaired) electrons. The first-order valence-corrected chi connectivity index (χ1v) is 9.06. The fourth-order valence-electron chi connectivity index (χ4n) is 3.06. The van der Waals surface area contributed by atoms with Gasteiger partial charge in [0.1, 0.15) is 0 Å². The standard InChI is InChI=1S/C20H15N5O3S/c26-18-9-8-13(10-17(18)25(27)28)12-21-24-19(22-23-20(24)29)11-15-6-3-5-14-4-1-2-7-16(14)15/h1-10,12,26H,11H2,(H,23,29)/p-1/b21-12-. The molecule has 0 fully saturated rings. The summed E-state index contributed by atoms with van der Waals surface area (Å²) in [5, 5.41) is 36.0. The molecular formula is C20H14N5O3S-. The summed E-state index contributed by atoms with van der Waals surface area (Å²) >= 11 is 5.26. The van der Waals surface area contributed by atoms with E-state index in [-0.39, 0.29) is 0 Å². The van der Waals surface area contributed by atoms with Crippen molar-refractivity contribution in [3.05, 3.63) is 92.5 Å². The highest BCUT2D eigenvalue weighted by Gasteiger charge is 2.10. The molecule has 1 aromatic heterocycles. The predicted octanol–water partition coefficient (Wildman–Crippen LogP) is 3.55. The smallest absolute Gasteiger partial charge is 0.262 e. The van der Waals surface area contributed by atoms with Crippen molar-refractivity contribution in [1.82, 2.24) is 14.9 Å². The SMILES string of the molecule is O=[N+]([O-])c1cc(/C=N\n2c(Cc3cccc4ccccc34)n[nH]c2=S)ccc1[O-]. The largest absolute Gasteiger partial charge is 0.868 e. The molecule has 0 aliphatic rings.